The van der Waals surface area contributed by atoms with Gasteiger partial charge in [0.1, 0.15) is 0 Å². The van der Waals surface area contributed by atoms with Gasteiger partial charge in [0.15, 0.2) is 0 Å². The number of alkyl halides is 1. The van der Waals surface area contributed by atoms with Crippen molar-refractivity contribution >= 4 is 44.8 Å². The van der Waals surface area contributed by atoms with Crippen LogP contribution >= 0.6 is 39.1 Å². The summed E-state index contributed by atoms with van der Waals surface area (Å²) in [7, 11) is 0. The molecule has 0 aliphatic carbocycles. The fraction of sp³-hybridized carbons (Fsp3) is 0.400. The van der Waals surface area contributed by atoms with E-state index in [9.17, 15) is 10.1 Å². The van der Waals surface area contributed by atoms with Crippen LogP contribution in [0.4, 0.5) is 5.69 Å². The lowest BCUT2D eigenvalue weighted by Crippen LogP contribution is -2.07. The predicted molar refractivity (Wildman–Crippen MR) is 69.9 cm³/mol. The second kappa shape index (κ2) is 5.34. The smallest absolute Gasteiger partial charge is 0.258 e. The first-order chi connectivity index (χ1) is 7.34. The van der Waals surface area contributed by atoms with Crippen LogP contribution in [0.2, 0.25) is 10.0 Å². The van der Waals surface area contributed by atoms with Gasteiger partial charge in [-0.3, -0.25) is 10.1 Å². The van der Waals surface area contributed by atoms with Crippen molar-refractivity contribution in [2.75, 3.05) is 0 Å². The maximum absolute atomic E-state index is 10.9. The lowest BCUT2D eigenvalue weighted by molar-refractivity contribution is -0.385. The maximum atomic E-state index is 10.9. The number of hydrogen-bond donors (Lipinski definition) is 0. The zero-order valence-electron chi connectivity index (χ0n) is 8.71. The molecule has 0 spiro atoms. The largest absolute Gasteiger partial charge is 0.274 e. The number of hydrogen-bond acceptors (Lipinski definition) is 2. The van der Waals surface area contributed by atoms with Crippen molar-refractivity contribution in [3.63, 3.8) is 0 Å². The van der Waals surface area contributed by atoms with E-state index in [0.29, 0.717) is 10.6 Å². The van der Waals surface area contributed by atoms with Gasteiger partial charge in [-0.15, -0.1) is 0 Å². The zero-order valence-corrected chi connectivity index (χ0v) is 11.8. The molecule has 0 heterocycles. The molecule has 0 N–H and O–H groups in total. The van der Waals surface area contributed by atoms with Crippen molar-refractivity contribution in [3.8, 4) is 0 Å². The summed E-state index contributed by atoms with van der Waals surface area (Å²) < 4.78 is 0. The number of rotatable bonds is 3. The van der Waals surface area contributed by atoms with Crippen LogP contribution in [0.25, 0.3) is 0 Å². The summed E-state index contributed by atoms with van der Waals surface area (Å²) in [5.41, 5.74) is 0.594. The van der Waals surface area contributed by atoms with Gasteiger partial charge in [0.05, 0.1) is 15.0 Å². The van der Waals surface area contributed by atoms with E-state index in [4.69, 9.17) is 23.2 Å². The number of halogens is 3. The van der Waals surface area contributed by atoms with Crippen molar-refractivity contribution < 1.29 is 4.92 Å². The van der Waals surface area contributed by atoms with E-state index >= 15 is 0 Å². The number of benzene rings is 1. The SMILES string of the molecule is CC(Br)C(C)c1cc(Cl)c(Cl)cc1[N+](=O)[O-]. The normalized spacial score (nSPS) is 14.6. The fourth-order valence-corrected chi connectivity index (χ4v) is 1.94. The Balaban J connectivity index is 3.36. The van der Waals surface area contributed by atoms with Crippen LogP contribution in [-0.4, -0.2) is 9.75 Å². The summed E-state index contributed by atoms with van der Waals surface area (Å²) >= 11 is 15.0. The Kier molecular flexibility index (Phi) is 4.59. The molecule has 0 aromatic heterocycles. The second-order valence-corrected chi connectivity index (χ2v) is 5.81. The molecule has 0 fully saturated rings. The van der Waals surface area contributed by atoms with Crippen molar-refractivity contribution in [2.45, 2.75) is 24.6 Å². The van der Waals surface area contributed by atoms with Crippen LogP contribution in [0, 0.1) is 10.1 Å². The molecule has 1 aromatic carbocycles. The van der Waals surface area contributed by atoms with Crippen LogP contribution < -0.4 is 0 Å². The average molecular weight is 327 g/mol. The monoisotopic (exact) mass is 325 g/mol. The zero-order chi connectivity index (χ0) is 12.5. The number of nitro groups is 1. The summed E-state index contributed by atoms with van der Waals surface area (Å²) in [5, 5.41) is 11.4. The quantitative estimate of drug-likeness (QED) is 0.455. The van der Waals surface area contributed by atoms with Crippen LogP contribution in [-0.2, 0) is 0 Å². The Hall–Kier alpha value is -0.320. The molecule has 0 saturated carbocycles. The minimum Gasteiger partial charge on any atom is -0.258 e. The Morgan fingerprint density at radius 1 is 1.31 bits per heavy atom. The molecule has 3 nitrogen and oxygen atoms in total. The van der Waals surface area contributed by atoms with E-state index in [1.807, 2.05) is 13.8 Å². The highest BCUT2D eigenvalue weighted by molar-refractivity contribution is 9.09. The van der Waals surface area contributed by atoms with Crippen molar-refractivity contribution in [2.24, 2.45) is 0 Å². The van der Waals surface area contributed by atoms with E-state index in [2.05, 4.69) is 15.9 Å². The van der Waals surface area contributed by atoms with Crippen molar-refractivity contribution in [1.29, 1.82) is 0 Å². The van der Waals surface area contributed by atoms with Crippen LogP contribution in [0.3, 0.4) is 0 Å². The maximum Gasteiger partial charge on any atom is 0.274 e. The molecule has 1 rings (SSSR count). The molecule has 0 radical (unpaired) electrons. The first-order valence-electron chi connectivity index (χ1n) is 4.62. The summed E-state index contributed by atoms with van der Waals surface area (Å²) in [6.45, 7) is 3.82. The number of nitro benzene ring substituents is 1. The van der Waals surface area contributed by atoms with Crippen LogP contribution in [0.15, 0.2) is 12.1 Å². The summed E-state index contributed by atoms with van der Waals surface area (Å²) in [6.07, 6.45) is 0. The van der Waals surface area contributed by atoms with Crippen LogP contribution in [0.1, 0.15) is 25.3 Å². The molecular weight excluding hydrogens is 317 g/mol. The van der Waals surface area contributed by atoms with Crippen LogP contribution in [0.5, 0.6) is 0 Å². The molecule has 2 unspecified atom stereocenters. The number of nitrogens with zero attached hydrogens (tertiary/aromatic N) is 1. The van der Waals surface area contributed by atoms with Gasteiger partial charge in [-0.1, -0.05) is 53.0 Å². The Bertz CT molecular complexity index is 424. The highest BCUT2D eigenvalue weighted by atomic mass is 79.9. The predicted octanol–water partition coefficient (Wildman–Crippen LogP) is 4.79. The molecule has 0 aliphatic heterocycles. The van der Waals surface area contributed by atoms with E-state index < -0.39 is 4.92 Å². The fourth-order valence-electron chi connectivity index (χ4n) is 1.32. The van der Waals surface area contributed by atoms with Gasteiger partial charge in [0, 0.05) is 22.4 Å². The lowest BCUT2D eigenvalue weighted by atomic mass is 9.97. The Morgan fingerprint density at radius 2 is 1.81 bits per heavy atom. The van der Waals surface area contributed by atoms with E-state index in [1.54, 1.807) is 6.07 Å². The van der Waals surface area contributed by atoms with Gasteiger partial charge in [0.25, 0.3) is 5.69 Å². The van der Waals surface area contributed by atoms with Gasteiger partial charge in [-0.25, -0.2) is 0 Å². The molecule has 2 atom stereocenters. The first kappa shape index (κ1) is 13.7. The van der Waals surface area contributed by atoms with Gasteiger partial charge in [0.2, 0.25) is 0 Å². The third-order valence-electron chi connectivity index (χ3n) is 2.45. The molecule has 0 aliphatic rings. The summed E-state index contributed by atoms with van der Waals surface area (Å²) in [4.78, 5) is 10.6. The van der Waals surface area contributed by atoms with Gasteiger partial charge >= 0.3 is 0 Å². The molecule has 0 saturated heterocycles. The Labute approximate surface area is 112 Å². The molecule has 6 heteroatoms. The average Bonchev–Trinajstić information content (AvgIpc) is 2.19. The highest BCUT2D eigenvalue weighted by Crippen LogP contribution is 2.37. The Morgan fingerprint density at radius 3 is 2.25 bits per heavy atom. The van der Waals surface area contributed by atoms with Crippen molar-refractivity contribution in [3.05, 3.63) is 37.9 Å². The lowest BCUT2D eigenvalue weighted by Gasteiger charge is -2.15. The van der Waals surface area contributed by atoms with E-state index in [1.165, 1.54) is 6.07 Å². The molecule has 1 aromatic rings. The van der Waals surface area contributed by atoms with Gasteiger partial charge < -0.3 is 0 Å². The minimum absolute atomic E-state index is 0.00759. The van der Waals surface area contributed by atoms with E-state index in [0.717, 1.165) is 0 Å². The van der Waals surface area contributed by atoms with Crippen molar-refractivity contribution in [1.82, 2.24) is 0 Å². The van der Waals surface area contributed by atoms with E-state index in [-0.39, 0.29) is 21.5 Å². The molecule has 0 amide bonds. The molecule has 16 heavy (non-hydrogen) atoms. The first-order valence-corrected chi connectivity index (χ1v) is 6.29. The minimum atomic E-state index is -0.441. The topological polar surface area (TPSA) is 43.1 Å². The summed E-state index contributed by atoms with van der Waals surface area (Å²) in [6, 6.07) is 2.86. The third kappa shape index (κ3) is 2.87. The third-order valence-corrected chi connectivity index (χ3v) is 3.96. The van der Waals surface area contributed by atoms with Gasteiger partial charge in [-0.2, -0.15) is 0 Å². The second-order valence-electron chi connectivity index (χ2n) is 3.55. The molecule has 88 valence electrons. The standard InChI is InChI=1S/C10H10BrCl2NO2/c1-5(6(2)11)7-3-8(12)9(13)4-10(7)14(15)16/h3-6H,1-2H3. The molecular formula is C10H10BrCl2NO2. The van der Waals surface area contributed by atoms with Gasteiger partial charge in [-0.05, 0) is 6.07 Å². The summed E-state index contributed by atoms with van der Waals surface area (Å²) in [5.74, 6) is -0.0184. The highest BCUT2D eigenvalue weighted by Gasteiger charge is 2.23. The molecule has 0 bridgehead atoms.